The van der Waals surface area contributed by atoms with Crippen molar-refractivity contribution in [3.05, 3.63) is 17.2 Å². The molecular formula is C12H19N3. The number of nitrogens with zero attached hydrogens (tertiary/aromatic N) is 2. The van der Waals surface area contributed by atoms with Crippen LogP contribution in [0.4, 0.5) is 0 Å². The Labute approximate surface area is 90.7 Å². The Morgan fingerprint density at radius 1 is 1.33 bits per heavy atom. The molecule has 0 radical (unpaired) electrons. The Kier molecular flexibility index (Phi) is 2.09. The van der Waals surface area contributed by atoms with Gasteiger partial charge in [-0.25, -0.2) is 4.98 Å². The molecular weight excluding hydrogens is 186 g/mol. The predicted octanol–water partition coefficient (Wildman–Crippen LogP) is 1.80. The minimum atomic E-state index is 0.166. The summed E-state index contributed by atoms with van der Waals surface area (Å²) in [6, 6.07) is 0.166. The van der Waals surface area contributed by atoms with E-state index in [0.717, 1.165) is 25.2 Å². The number of aromatic nitrogens is 2. The van der Waals surface area contributed by atoms with Gasteiger partial charge in [0.25, 0.3) is 0 Å². The molecule has 2 heterocycles. The van der Waals surface area contributed by atoms with Crippen molar-refractivity contribution in [3.63, 3.8) is 0 Å². The van der Waals surface area contributed by atoms with Crippen LogP contribution in [0.2, 0.25) is 0 Å². The fourth-order valence-corrected chi connectivity index (χ4v) is 3.03. The minimum absolute atomic E-state index is 0.166. The molecule has 0 saturated heterocycles. The van der Waals surface area contributed by atoms with E-state index >= 15 is 0 Å². The van der Waals surface area contributed by atoms with E-state index in [9.17, 15) is 0 Å². The third kappa shape index (κ3) is 1.41. The van der Waals surface area contributed by atoms with Crippen molar-refractivity contribution < 1.29 is 0 Å². The van der Waals surface area contributed by atoms with E-state index < -0.39 is 0 Å². The average molecular weight is 205 g/mol. The lowest BCUT2D eigenvalue weighted by molar-refractivity contribution is 0.340. The van der Waals surface area contributed by atoms with E-state index in [1.807, 2.05) is 0 Å². The van der Waals surface area contributed by atoms with Gasteiger partial charge in [0.1, 0.15) is 5.82 Å². The molecule has 1 aromatic rings. The smallest absolute Gasteiger partial charge is 0.126 e. The first-order chi connectivity index (χ1) is 7.25. The molecule has 2 N–H and O–H groups in total. The van der Waals surface area contributed by atoms with Gasteiger partial charge in [-0.3, -0.25) is 0 Å². The van der Waals surface area contributed by atoms with Gasteiger partial charge in [0.15, 0.2) is 0 Å². The van der Waals surface area contributed by atoms with Gasteiger partial charge in [0.05, 0.1) is 11.7 Å². The van der Waals surface area contributed by atoms with E-state index in [-0.39, 0.29) is 6.04 Å². The van der Waals surface area contributed by atoms with Crippen LogP contribution < -0.4 is 5.73 Å². The SMILES string of the molecule is CC1CC(N)c2nc3c(n2C1)CCCC3. The Bertz CT molecular complexity index is 380. The van der Waals surface area contributed by atoms with Gasteiger partial charge >= 0.3 is 0 Å². The molecule has 2 atom stereocenters. The van der Waals surface area contributed by atoms with Crippen LogP contribution in [-0.2, 0) is 19.4 Å². The summed E-state index contributed by atoms with van der Waals surface area (Å²) in [5.74, 6) is 1.85. The summed E-state index contributed by atoms with van der Waals surface area (Å²) < 4.78 is 2.41. The van der Waals surface area contributed by atoms with E-state index in [4.69, 9.17) is 10.7 Å². The summed E-state index contributed by atoms with van der Waals surface area (Å²) in [6.45, 7) is 3.42. The number of hydrogen-bond acceptors (Lipinski definition) is 2. The Hall–Kier alpha value is -0.830. The van der Waals surface area contributed by atoms with Crippen molar-refractivity contribution in [1.29, 1.82) is 0 Å². The van der Waals surface area contributed by atoms with Crippen molar-refractivity contribution in [3.8, 4) is 0 Å². The summed E-state index contributed by atoms with van der Waals surface area (Å²) in [6.07, 6.45) is 6.09. The highest BCUT2D eigenvalue weighted by Crippen LogP contribution is 2.31. The van der Waals surface area contributed by atoms with Crippen molar-refractivity contribution >= 4 is 0 Å². The van der Waals surface area contributed by atoms with E-state index in [0.29, 0.717) is 5.92 Å². The lowest BCUT2D eigenvalue weighted by atomic mass is 9.97. The Morgan fingerprint density at radius 2 is 2.13 bits per heavy atom. The highest BCUT2D eigenvalue weighted by Gasteiger charge is 2.28. The van der Waals surface area contributed by atoms with Gasteiger partial charge in [0, 0.05) is 12.2 Å². The molecule has 0 bridgehead atoms. The topological polar surface area (TPSA) is 43.8 Å². The van der Waals surface area contributed by atoms with Crippen molar-refractivity contribution in [1.82, 2.24) is 9.55 Å². The number of hydrogen-bond donors (Lipinski definition) is 1. The molecule has 3 rings (SSSR count). The number of nitrogens with two attached hydrogens (primary N) is 1. The molecule has 0 spiro atoms. The molecule has 0 fully saturated rings. The van der Waals surface area contributed by atoms with Crippen LogP contribution in [0.25, 0.3) is 0 Å². The third-order valence-electron chi connectivity index (χ3n) is 3.74. The molecule has 3 heteroatoms. The van der Waals surface area contributed by atoms with Crippen LogP contribution in [0.1, 0.15) is 49.4 Å². The first-order valence-electron chi connectivity index (χ1n) is 6.09. The minimum Gasteiger partial charge on any atom is -0.330 e. The normalized spacial score (nSPS) is 29.7. The first kappa shape index (κ1) is 9.40. The Balaban J connectivity index is 2.08. The van der Waals surface area contributed by atoms with Gasteiger partial charge in [-0.1, -0.05) is 6.92 Å². The average Bonchev–Trinajstić information content (AvgIpc) is 2.57. The third-order valence-corrected chi connectivity index (χ3v) is 3.74. The molecule has 1 aliphatic heterocycles. The van der Waals surface area contributed by atoms with Crippen LogP contribution in [0.15, 0.2) is 0 Å². The Morgan fingerprint density at radius 3 is 3.00 bits per heavy atom. The second kappa shape index (κ2) is 3.34. The van der Waals surface area contributed by atoms with Crippen LogP contribution in [0.5, 0.6) is 0 Å². The quantitative estimate of drug-likeness (QED) is 0.702. The summed E-state index contributed by atoms with van der Waals surface area (Å²) in [4.78, 5) is 4.74. The van der Waals surface area contributed by atoms with Gasteiger partial charge in [-0.2, -0.15) is 0 Å². The number of imidazole rings is 1. The van der Waals surface area contributed by atoms with Crippen molar-refractivity contribution in [2.45, 2.75) is 51.6 Å². The summed E-state index contributed by atoms with van der Waals surface area (Å²) in [5.41, 5.74) is 8.98. The fraction of sp³-hybridized carbons (Fsp3) is 0.750. The molecule has 0 saturated carbocycles. The zero-order valence-corrected chi connectivity index (χ0v) is 9.37. The van der Waals surface area contributed by atoms with E-state index in [1.165, 1.54) is 30.7 Å². The monoisotopic (exact) mass is 205 g/mol. The first-order valence-corrected chi connectivity index (χ1v) is 6.09. The van der Waals surface area contributed by atoms with Gasteiger partial charge in [0.2, 0.25) is 0 Å². The van der Waals surface area contributed by atoms with E-state index in [2.05, 4.69) is 11.5 Å². The summed E-state index contributed by atoms with van der Waals surface area (Å²) in [7, 11) is 0. The lowest BCUT2D eigenvalue weighted by Crippen LogP contribution is -2.28. The molecule has 0 aromatic carbocycles. The number of fused-ring (bicyclic) bond motifs is 3. The maximum atomic E-state index is 6.17. The number of aryl methyl sites for hydroxylation is 1. The maximum absolute atomic E-state index is 6.17. The molecule has 0 amide bonds. The summed E-state index contributed by atoms with van der Waals surface area (Å²) >= 11 is 0. The largest absolute Gasteiger partial charge is 0.330 e. The van der Waals surface area contributed by atoms with Gasteiger partial charge in [-0.05, 0) is 38.0 Å². The fourth-order valence-electron chi connectivity index (χ4n) is 3.03. The molecule has 3 nitrogen and oxygen atoms in total. The summed E-state index contributed by atoms with van der Waals surface area (Å²) in [5, 5.41) is 0. The molecule has 2 unspecified atom stereocenters. The number of rotatable bonds is 0. The standard InChI is InChI=1S/C12H19N3/c1-8-6-9(13)12-14-10-4-2-3-5-11(10)15(12)7-8/h8-9H,2-7,13H2,1H3. The highest BCUT2D eigenvalue weighted by atomic mass is 15.1. The molecule has 15 heavy (non-hydrogen) atoms. The maximum Gasteiger partial charge on any atom is 0.126 e. The van der Waals surface area contributed by atoms with Crippen LogP contribution in [0, 0.1) is 5.92 Å². The second-order valence-electron chi connectivity index (χ2n) is 5.13. The van der Waals surface area contributed by atoms with Crippen LogP contribution in [0.3, 0.4) is 0 Å². The van der Waals surface area contributed by atoms with Crippen molar-refractivity contribution in [2.75, 3.05) is 0 Å². The van der Waals surface area contributed by atoms with Crippen molar-refractivity contribution in [2.24, 2.45) is 11.7 Å². The predicted molar refractivity (Wildman–Crippen MR) is 59.6 cm³/mol. The zero-order chi connectivity index (χ0) is 10.4. The molecule has 2 aliphatic rings. The molecule has 1 aromatic heterocycles. The second-order valence-corrected chi connectivity index (χ2v) is 5.13. The molecule has 82 valence electrons. The molecule has 1 aliphatic carbocycles. The van der Waals surface area contributed by atoms with Crippen LogP contribution >= 0.6 is 0 Å². The zero-order valence-electron chi connectivity index (χ0n) is 9.37. The lowest BCUT2D eigenvalue weighted by Gasteiger charge is -2.27. The van der Waals surface area contributed by atoms with Gasteiger partial charge in [-0.15, -0.1) is 0 Å². The van der Waals surface area contributed by atoms with Crippen LogP contribution in [-0.4, -0.2) is 9.55 Å². The van der Waals surface area contributed by atoms with E-state index in [1.54, 1.807) is 0 Å². The highest BCUT2D eigenvalue weighted by molar-refractivity contribution is 5.23. The van der Waals surface area contributed by atoms with Gasteiger partial charge < -0.3 is 10.3 Å².